The Hall–Kier alpha value is -1.55. The van der Waals surface area contributed by atoms with Crippen LogP contribution >= 0.6 is 0 Å². The van der Waals surface area contributed by atoms with Gasteiger partial charge in [0, 0.05) is 6.54 Å². The average Bonchev–Trinajstić information content (AvgIpc) is 2.25. The van der Waals surface area contributed by atoms with E-state index in [1.165, 1.54) is 0 Å². The van der Waals surface area contributed by atoms with E-state index < -0.39 is 6.10 Å². The van der Waals surface area contributed by atoms with Crippen LogP contribution < -0.4 is 10.1 Å². The molecule has 4 nitrogen and oxygen atoms in total. The van der Waals surface area contributed by atoms with E-state index >= 15 is 0 Å². The molecule has 0 saturated heterocycles. The maximum Gasteiger partial charge on any atom is 0.223 e. The number of amides is 1. The van der Waals surface area contributed by atoms with Crippen LogP contribution in [0.3, 0.4) is 0 Å². The van der Waals surface area contributed by atoms with Gasteiger partial charge in [-0.1, -0.05) is 6.07 Å². The van der Waals surface area contributed by atoms with Crippen molar-refractivity contribution in [1.29, 1.82) is 0 Å². The molecule has 1 aromatic carbocycles. The Labute approximate surface area is 108 Å². The first-order valence-electron chi connectivity index (χ1n) is 6.13. The Bertz CT molecular complexity index is 382. The lowest BCUT2D eigenvalue weighted by molar-refractivity contribution is -0.122. The van der Waals surface area contributed by atoms with Crippen molar-refractivity contribution in [1.82, 2.24) is 5.32 Å². The zero-order valence-corrected chi connectivity index (χ0v) is 11.2. The van der Waals surface area contributed by atoms with Crippen LogP contribution in [0.1, 0.15) is 24.5 Å². The number of aryl methyl sites for hydroxylation is 2. The standard InChI is InChI=1S/C14H21NO3/c1-10-6-11(2)8-13(7-10)18-5-4-14(17)15-9-12(3)16/h6-8,12,16H,4-5,9H2,1-3H3,(H,15,17)/t12-/m1/s1. The van der Waals surface area contributed by atoms with Gasteiger partial charge in [-0.2, -0.15) is 0 Å². The highest BCUT2D eigenvalue weighted by Crippen LogP contribution is 2.16. The minimum Gasteiger partial charge on any atom is -0.493 e. The van der Waals surface area contributed by atoms with E-state index in [-0.39, 0.29) is 12.5 Å². The predicted molar refractivity (Wildman–Crippen MR) is 70.7 cm³/mol. The van der Waals surface area contributed by atoms with Crippen LogP contribution in [-0.4, -0.2) is 30.3 Å². The van der Waals surface area contributed by atoms with Crippen molar-refractivity contribution in [3.05, 3.63) is 29.3 Å². The molecule has 0 radical (unpaired) electrons. The van der Waals surface area contributed by atoms with E-state index in [1.807, 2.05) is 26.0 Å². The molecular weight excluding hydrogens is 230 g/mol. The number of aliphatic hydroxyl groups excluding tert-OH is 1. The fourth-order valence-electron chi connectivity index (χ4n) is 1.63. The predicted octanol–water partition coefficient (Wildman–Crippen LogP) is 1.57. The molecule has 1 amide bonds. The molecule has 0 heterocycles. The number of nitrogens with one attached hydrogen (secondary N) is 1. The normalized spacial score (nSPS) is 12.0. The molecule has 0 bridgehead atoms. The van der Waals surface area contributed by atoms with Gasteiger partial charge in [-0.3, -0.25) is 4.79 Å². The van der Waals surface area contributed by atoms with Gasteiger partial charge in [-0.25, -0.2) is 0 Å². The Morgan fingerprint density at radius 2 is 1.94 bits per heavy atom. The van der Waals surface area contributed by atoms with Crippen molar-refractivity contribution in [3.63, 3.8) is 0 Å². The molecule has 2 N–H and O–H groups in total. The third-order valence-corrected chi connectivity index (χ3v) is 2.39. The number of hydrogen-bond acceptors (Lipinski definition) is 3. The summed E-state index contributed by atoms with van der Waals surface area (Å²) in [7, 11) is 0. The van der Waals surface area contributed by atoms with E-state index in [9.17, 15) is 4.79 Å². The van der Waals surface area contributed by atoms with Crippen LogP contribution in [0, 0.1) is 13.8 Å². The molecule has 0 saturated carbocycles. The number of carbonyl (C=O) groups is 1. The van der Waals surface area contributed by atoms with Crippen LogP contribution in [0.5, 0.6) is 5.75 Å². The van der Waals surface area contributed by atoms with Crippen molar-refractivity contribution < 1.29 is 14.6 Å². The van der Waals surface area contributed by atoms with Gasteiger partial charge in [0.25, 0.3) is 0 Å². The first-order chi connectivity index (χ1) is 8.47. The summed E-state index contributed by atoms with van der Waals surface area (Å²) in [6.45, 7) is 6.27. The highest BCUT2D eigenvalue weighted by Gasteiger charge is 2.04. The minimum absolute atomic E-state index is 0.111. The molecule has 4 heteroatoms. The van der Waals surface area contributed by atoms with Gasteiger partial charge in [-0.05, 0) is 44.0 Å². The number of carbonyl (C=O) groups excluding carboxylic acids is 1. The van der Waals surface area contributed by atoms with Gasteiger partial charge in [0.1, 0.15) is 5.75 Å². The molecule has 0 fully saturated rings. The molecule has 0 aliphatic rings. The zero-order valence-electron chi connectivity index (χ0n) is 11.2. The summed E-state index contributed by atoms with van der Waals surface area (Å²) >= 11 is 0. The first kappa shape index (κ1) is 14.5. The second kappa shape index (κ2) is 7.01. The fraction of sp³-hybridized carbons (Fsp3) is 0.500. The van der Waals surface area contributed by atoms with Crippen molar-refractivity contribution >= 4 is 5.91 Å². The monoisotopic (exact) mass is 251 g/mol. The number of aliphatic hydroxyl groups is 1. The molecule has 1 rings (SSSR count). The quantitative estimate of drug-likeness (QED) is 0.807. The second-order valence-corrected chi connectivity index (χ2v) is 4.57. The van der Waals surface area contributed by atoms with E-state index in [0.29, 0.717) is 13.0 Å². The summed E-state index contributed by atoms with van der Waals surface area (Å²) in [5.74, 6) is 0.677. The maximum absolute atomic E-state index is 11.4. The number of hydrogen-bond donors (Lipinski definition) is 2. The van der Waals surface area contributed by atoms with Crippen LogP contribution in [0.25, 0.3) is 0 Å². The molecule has 1 aromatic rings. The van der Waals surface area contributed by atoms with Crippen molar-refractivity contribution in [2.45, 2.75) is 33.3 Å². The van der Waals surface area contributed by atoms with E-state index in [2.05, 4.69) is 11.4 Å². The van der Waals surface area contributed by atoms with Crippen LogP contribution in [0.2, 0.25) is 0 Å². The topological polar surface area (TPSA) is 58.6 Å². The Kier molecular flexibility index (Phi) is 5.65. The molecule has 0 spiro atoms. The van der Waals surface area contributed by atoms with Crippen LogP contribution in [-0.2, 0) is 4.79 Å². The molecule has 0 aromatic heterocycles. The molecule has 100 valence electrons. The Balaban J connectivity index is 2.30. The summed E-state index contributed by atoms with van der Waals surface area (Å²) in [6.07, 6.45) is -0.228. The van der Waals surface area contributed by atoms with Gasteiger partial charge in [0.05, 0.1) is 19.1 Å². The lowest BCUT2D eigenvalue weighted by atomic mass is 10.1. The smallest absolute Gasteiger partial charge is 0.223 e. The summed E-state index contributed by atoms with van der Waals surface area (Å²) in [5.41, 5.74) is 2.28. The molecule has 0 aliphatic heterocycles. The van der Waals surface area contributed by atoms with E-state index in [0.717, 1.165) is 16.9 Å². The van der Waals surface area contributed by atoms with Gasteiger partial charge in [-0.15, -0.1) is 0 Å². The molecular formula is C14H21NO3. The highest BCUT2D eigenvalue weighted by atomic mass is 16.5. The lowest BCUT2D eigenvalue weighted by Crippen LogP contribution is -2.31. The SMILES string of the molecule is Cc1cc(C)cc(OCCC(=O)NC[C@@H](C)O)c1. The largest absolute Gasteiger partial charge is 0.493 e. The van der Waals surface area contributed by atoms with Gasteiger partial charge >= 0.3 is 0 Å². The number of ether oxygens (including phenoxy) is 1. The van der Waals surface area contributed by atoms with Gasteiger partial charge in [0.15, 0.2) is 0 Å². The summed E-state index contributed by atoms with van der Waals surface area (Å²) in [5, 5.41) is 11.6. The third-order valence-electron chi connectivity index (χ3n) is 2.39. The average molecular weight is 251 g/mol. The van der Waals surface area contributed by atoms with Crippen molar-refractivity contribution in [2.75, 3.05) is 13.2 Å². The summed E-state index contributed by atoms with van der Waals surface area (Å²) < 4.78 is 5.52. The second-order valence-electron chi connectivity index (χ2n) is 4.57. The zero-order chi connectivity index (χ0) is 13.5. The first-order valence-corrected chi connectivity index (χ1v) is 6.13. The Morgan fingerprint density at radius 3 is 2.50 bits per heavy atom. The van der Waals surface area contributed by atoms with Gasteiger partial charge < -0.3 is 15.2 Å². The maximum atomic E-state index is 11.4. The van der Waals surface area contributed by atoms with Gasteiger partial charge in [0.2, 0.25) is 5.91 Å². The lowest BCUT2D eigenvalue weighted by Gasteiger charge is -2.09. The third kappa shape index (κ3) is 5.68. The molecule has 0 unspecified atom stereocenters. The fourth-order valence-corrected chi connectivity index (χ4v) is 1.63. The van der Waals surface area contributed by atoms with Crippen LogP contribution in [0.4, 0.5) is 0 Å². The molecule has 1 atom stereocenters. The Morgan fingerprint density at radius 1 is 1.33 bits per heavy atom. The van der Waals surface area contributed by atoms with E-state index in [4.69, 9.17) is 9.84 Å². The highest BCUT2D eigenvalue weighted by molar-refractivity contribution is 5.75. The van der Waals surface area contributed by atoms with Crippen LogP contribution in [0.15, 0.2) is 18.2 Å². The van der Waals surface area contributed by atoms with E-state index in [1.54, 1.807) is 6.92 Å². The minimum atomic E-state index is -0.519. The summed E-state index contributed by atoms with van der Waals surface area (Å²) in [4.78, 5) is 11.4. The molecule has 0 aliphatic carbocycles. The molecule has 18 heavy (non-hydrogen) atoms. The van der Waals surface area contributed by atoms with Crippen molar-refractivity contribution in [2.24, 2.45) is 0 Å². The number of rotatable bonds is 6. The summed E-state index contributed by atoms with van der Waals surface area (Å²) in [6, 6.07) is 5.96. The van der Waals surface area contributed by atoms with Crippen molar-refractivity contribution in [3.8, 4) is 5.75 Å². The number of benzene rings is 1.